The van der Waals surface area contributed by atoms with Crippen LogP contribution in [0.15, 0.2) is 18.2 Å². The van der Waals surface area contributed by atoms with E-state index in [2.05, 4.69) is 49.6 Å². The fourth-order valence-electron chi connectivity index (χ4n) is 2.26. The third kappa shape index (κ3) is 3.57. The molecule has 0 atom stereocenters. The highest BCUT2D eigenvalue weighted by molar-refractivity contribution is 5.79. The molecule has 1 amide bonds. The first-order chi connectivity index (χ1) is 9.08. The Hall–Kier alpha value is -1.35. The molecule has 0 aliphatic carbocycles. The van der Waals surface area contributed by atoms with Crippen molar-refractivity contribution in [3.63, 3.8) is 0 Å². The van der Waals surface area contributed by atoms with Crippen molar-refractivity contribution in [2.75, 3.05) is 19.6 Å². The van der Waals surface area contributed by atoms with Gasteiger partial charge in [-0.25, -0.2) is 0 Å². The van der Waals surface area contributed by atoms with Crippen molar-refractivity contribution in [3.05, 3.63) is 34.9 Å². The lowest BCUT2D eigenvalue weighted by atomic mass is 9.96. The van der Waals surface area contributed by atoms with Crippen molar-refractivity contribution in [1.29, 1.82) is 0 Å². The number of rotatable bonds is 5. The average molecular weight is 260 g/mol. The minimum atomic E-state index is 0.183. The molecule has 0 radical (unpaired) electrons. The Labute approximate surface area is 115 Å². The molecule has 2 rings (SSSR count). The Morgan fingerprint density at radius 2 is 2.16 bits per heavy atom. The fraction of sp³-hybridized carbons (Fsp3) is 0.562. The molecule has 0 unspecified atom stereocenters. The second-order valence-electron chi connectivity index (χ2n) is 5.74. The molecule has 2 N–H and O–H groups in total. The summed E-state index contributed by atoms with van der Waals surface area (Å²) in [6, 6.07) is 6.65. The largest absolute Gasteiger partial charge is 0.355 e. The molecule has 1 saturated heterocycles. The third-order valence-electron chi connectivity index (χ3n) is 3.89. The Kier molecular flexibility index (Phi) is 4.59. The maximum atomic E-state index is 11.7. The smallest absolute Gasteiger partial charge is 0.225 e. The van der Waals surface area contributed by atoms with Crippen LogP contribution in [0.3, 0.4) is 0 Å². The number of aryl methyl sites for hydroxylation is 1. The number of hydrogen-bond acceptors (Lipinski definition) is 2. The molecular weight excluding hydrogens is 236 g/mol. The summed E-state index contributed by atoms with van der Waals surface area (Å²) in [7, 11) is 0. The number of carbonyl (C=O) groups is 1. The zero-order chi connectivity index (χ0) is 13.8. The lowest BCUT2D eigenvalue weighted by Crippen LogP contribution is -2.51. The number of carbonyl (C=O) groups excluding carboxylic acids is 1. The summed E-state index contributed by atoms with van der Waals surface area (Å²) < 4.78 is 0. The number of amides is 1. The molecule has 0 bridgehead atoms. The van der Waals surface area contributed by atoms with E-state index < -0.39 is 0 Å². The summed E-state index contributed by atoms with van der Waals surface area (Å²) in [5.41, 5.74) is 4.03. The van der Waals surface area contributed by atoms with E-state index in [1.165, 1.54) is 16.7 Å². The average Bonchev–Trinajstić information content (AvgIpc) is 2.28. The number of benzene rings is 1. The molecule has 0 saturated carbocycles. The molecule has 3 nitrogen and oxygen atoms in total. The minimum absolute atomic E-state index is 0.183. The summed E-state index contributed by atoms with van der Waals surface area (Å²) >= 11 is 0. The highest BCUT2D eigenvalue weighted by Gasteiger charge is 2.24. The fourth-order valence-corrected chi connectivity index (χ4v) is 2.26. The second-order valence-corrected chi connectivity index (χ2v) is 5.74. The van der Waals surface area contributed by atoms with Crippen molar-refractivity contribution >= 4 is 5.91 Å². The van der Waals surface area contributed by atoms with E-state index in [0.717, 1.165) is 26.1 Å². The molecule has 19 heavy (non-hydrogen) atoms. The van der Waals surface area contributed by atoms with Crippen molar-refractivity contribution in [2.45, 2.75) is 33.1 Å². The molecule has 104 valence electrons. The van der Waals surface area contributed by atoms with E-state index in [-0.39, 0.29) is 11.8 Å². The van der Waals surface area contributed by atoms with Gasteiger partial charge < -0.3 is 10.6 Å². The van der Waals surface area contributed by atoms with Gasteiger partial charge in [-0.05, 0) is 36.0 Å². The highest BCUT2D eigenvalue weighted by Crippen LogP contribution is 2.18. The van der Waals surface area contributed by atoms with Crippen LogP contribution in [0, 0.1) is 12.8 Å². The normalized spacial score (nSPS) is 15.4. The minimum Gasteiger partial charge on any atom is -0.355 e. The van der Waals surface area contributed by atoms with Crippen LogP contribution >= 0.6 is 0 Å². The summed E-state index contributed by atoms with van der Waals surface area (Å²) in [4.78, 5) is 11.7. The van der Waals surface area contributed by atoms with Crippen LogP contribution in [-0.2, 0) is 11.2 Å². The molecule has 0 aromatic heterocycles. The van der Waals surface area contributed by atoms with Gasteiger partial charge in [0, 0.05) is 19.6 Å². The predicted molar refractivity (Wildman–Crippen MR) is 78.3 cm³/mol. The quantitative estimate of drug-likeness (QED) is 0.850. The molecule has 0 spiro atoms. The molecule has 3 heteroatoms. The van der Waals surface area contributed by atoms with E-state index in [1.54, 1.807) is 0 Å². The molecule has 1 aliphatic rings. The molecular formula is C16H24N2O. The van der Waals surface area contributed by atoms with Gasteiger partial charge in [0.25, 0.3) is 0 Å². The Morgan fingerprint density at radius 1 is 1.42 bits per heavy atom. The molecule has 1 heterocycles. The predicted octanol–water partition coefficient (Wildman–Crippen LogP) is 2.00. The first kappa shape index (κ1) is 14.1. The topological polar surface area (TPSA) is 41.1 Å². The van der Waals surface area contributed by atoms with Gasteiger partial charge >= 0.3 is 0 Å². The second kappa shape index (κ2) is 6.20. The van der Waals surface area contributed by atoms with Crippen LogP contribution in [0.1, 0.15) is 36.5 Å². The van der Waals surface area contributed by atoms with Gasteiger partial charge in [-0.15, -0.1) is 0 Å². The van der Waals surface area contributed by atoms with E-state index in [4.69, 9.17) is 0 Å². The van der Waals surface area contributed by atoms with Gasteiger partial charge in [0.05, 0.1) is 5.92 Å². The summed E-state index contributed by atoms with van der Waals surface area (Å²) in [6.07, 6.45) is 0.915. The third-order valence-corrected chi connectivity index (χ3v) is 3.89. The summed E-state index contributed by atoms with van der Waals surface area (Å²) in [5, 5.41) is 6.15. The van der Waals surface area contributed by atoms with E-state index in [1.807, 2.05) is 0 Å². The van der Waals surface area contributed by atoms with Crippen molar-refractivity contribution < 1.29 is 4.79 Å². The zero-order valence-electron chi connectivity index (χ0n) is 12.1. The standard InChI is InChI=1S/C16H24N2O/c1-11(2)13-5-4-12(3)14(8-13)6-7-18-16(19)15-9-17-10-15/h4-5,8,11,15,17H,6-7,9-10H2,1-3H3,(H,18,19). The molecule has 1 aromatic rings. The monoisotopic (exact) mass is 260 g/mol. The number of nitrogens with one attached hydrogen (secondary N) is 2. The first-order valence-electron chi connectivity index (χ1n) is 7.15. The van der Waals surface area contributed by atoms with E-state index in [0.29, 0.717) is 5.92 Å². The van der Waals surface area contributed by atoms with E-state index >= 15 is 0 Å². The highest BCUT2D eigenvalue weighted by atomic mass is 16.2. The molecule has 1 aliphatic heterocycles. The Bertz CT molecular complexity index is 450. The van der Waals surface area contributed by atoms with Gasteiger partial charge in [0.15, 0.2) is 0 Å². The number of hydrogen-bond donors (Lipinski definition) is 2. The van der Waals surface area contributed by atoms with Gasteiger partial charge in [-0.2, -0.15) is 0 Å². The van der Waals surface area contributed by atoms with Crippen LogP contribution < -0.4 is 10.6 Å². The Balaban J connectivity index is 1.87. The summed E-state index contributed by atoms with van der Waals surface area (Å²) in [5.74, 6) is 0.925. The molecule has 1 fully saturated rings. The van der Waals surface area contributed by atoms with Crippen LogP contribution in [0.2, 0.25) is 0 Å². The molecule has 1 aromatic carbocycles. The van der Waals surface area contributed by atoms with Crippen molar-refractivity contribution in [1.82, 2.24) is 10.6 Å². The maximum absolute atomic E-state index is 11.7. The van der Waals surface area contributed by atoms with Gasteiger partial charge in [0.2, 0.25) is 5.91 Å². The SMILES string of the molecule is Cc1ccc(C(C)C)cc1CCNC(=O)C1CNC1. The lowest BCUT2D eigenvalue weighted by molar-refractivity contribution is -0.126. The maximum Gasteiger partial charge on any atom is 0.225 e. The first-order valence-corrected chi connectivity index (χ1v) is 7.15. The lowest BCUT2D eigenvalue weighted by Gasteiger charge is -2.25. The van der Waals surface area contributed by atoms with Crippen LogP contribution in [0.5, 0.6) is 0 Å². The van der Waals surface area contributed by atoms with Gasteiger partial charge in [-0.3, -0.25) is 4.79 Å². The Morgan fingerprint density at radius 3 is 2.74 bits per heavy atom. The van der Waals surface area contributed by atoms with Crippen LogP contribution in [0.4, 0.5) is 0 Å². The van der Waals surface area contributed by atoms with Crippen LogP contribution in [-0.4, -0.2) is 25.5 Å². The van der Waals surface area contributed by atoms with E-state index in [9.17, 15) is 4.79 Å². The van der Waals surface area contributed by atoms with Crippen LogP contribution in [0.25, 0.3) is 0 Å². The summed E-state index contributed by atoms with van der Waals surface area (Å²) in [6.45, 7) is 8.94. The van der Waals surface area contributed by atoms with Gasteiger partial charge in [0.1, 0.15) is 0 Å². The van der Waals surface area contributed by atoms with Gasteiger partial charge in [-0.1, -0.05) is 32.0 Å². The van der Waals surface area contributed by atoms with Crippen molar-refractivity contribution in [3.8, 4) is 0 Å². The zero-order valence-corrected chi connectivity index (χ0v) is 12.1. The van der Waals surface area contributed by atoms with Crippen molar-refractivity contribution in [2.24, 2.45) is 5.92 Å².